The summed E-state index contributed by atoms with van der Waals surface area (Å²) < 4.78 is 0. The number of nitriles is 1. The van der Waals surface area contributed by atoms with Crippen LogP contribution in [0.3, 0.4) is 0 Å². The molecule has 4 heteroatoms. The van der Waals surface area contributed by atoms with E-state index < -0.39 is 0 Å². The number of hydrogen-bond acceptors (Lipinski definition) is 3. The van der Waals surface area contributed by atoms with E-state index in [-0.39, 0.29) is 12.4 Å². The Bertz CT molecular complexity index is 466. The first-order valence-electron chi connectivity index (χ1n) is 5.82. The predicted octanol–water partition coefficient (Wildman–Crippen LogP) is 1.70. The van der Waals surface area contributed by atoms with E-state index in [4.69, 9.17) is 0 Å². The molecule has 1 aromatic rings. The molecule has 0 aliphatic carbocycles. The average Bonchev–Trinajstić information content (AvgIpc) is 2.68. The van der Waals surface area contributed by atoms with Gasteiger partial charge >= 0.3 is 0 Å². The monoisotopic (exact) mass is 249 g/mol. The fourth-order valence-corrected chi connectivity index (χ4v) is 2.99. The van der Waals surface area contributed by atoms with Crippen molar-refractivity contribution in [2.24, 2.45) is 0 Å². The fraction of sp³-hybridized carbons (Fsp3) is 0.462. The Balaban J connectivity index is 0.00000108. The number of nitrogens with zero attached hydrogens (tertiary/aromatic N) is 2. The van der Waals surface area contributed by atoms with E-state index >= 15 is 0 Å². The van der Waals surface area contributed by atoms with Crippen molar-refractivity contribution in [3.63, 3.8) is 0 Å². The number of halogens is 1. The summed E-state index contributed by atoms with van der Waals surface area (Å²) in [4.78, 5) is 2.43. The van der Waals surface area contributed by atoms with Crippen LogP contribution < -0.4 is 10.2 Å². The van der Waals surface area contributed by atoms with Gasteiger partial charge in [0.05, 0.1) is 11.3 Å². The second kappa shape index (κ2) is 4.56. The van der Waals surface area contributed by atoms with E-state index in [9.17, 15) is 5.26 Å². The molecule has 1 saturated heterocycles. The van der Waals surface area contributed by atoms with Crippen molar-refractivity contribution in [1.29, 1.82) is 5.26 Å². The molecule has 1 aromatic carbocycles. The zero-order valence-electron chi connectivity index (χ0n) is 9.81. The van der Waals surface area contributed by atoms with E-state index in [2.05, 4.69) is 29.3 Å². The standard InChI is InChI=1S/C13H15N3.ClH/c1-9-7-15-8-12-5-10-3-2-4-11(6-14)13(10)16(9)12;/h2-4,9,12,15H,5,7-8H2,1H3;1H/t9-,12-;/m1./s1. The molecule has 0 unspecified atom stereocenters. The van der Waals surface area contributed by atoms with E-state index in [1.807, 2.05) is 12.1 Å². The van der Waals surface area contributed by atoms with Crippen LogP contribution in [0.4, 0.5) is 5.69 Å². The third-order valence-corrected chi connectivity index (χ3v) is 3.64. The van der Waals surface area contributed by atoms with Gasteiger partial charge in [0, 0.05) is 25.2 Å². The van der Waals surface area contributed by atoms with Gasteiger partial charge in [0.2, 0.25) is 0 Å². The van der Waals surface area contributed by atoms with Crippen molar-refractivity contribution in [3.8, 4) is 6.07 Å². The first kappa shape index (κ1) is 12.2. The molecule has 2 aliphatic heterocycles. The topological polar surface area (TPSA) is 39.1 Å². The quantitative estimate of drug-likeness (QED) is 0.761. The summed E-state index contributed by atoms with van der Waals surface area (Å²) >= 11 is 0. The summed E-state index contributed by atoms with van der Waals surface area (Å²) in [6.45, 7) is 4.27. The second-order valence-corrected chi connectivity index (χ2v) is 4.70. The maximum Gasteiger partial charge on any atom is 0.101 e. The first-order chi connectivity index (χ1) is 7.81. The SMILES string of the molecule is C[C@@H]1CNC[C@H]2Cc3cccc(C#N)c3N21.Cl. The molecular weight excluding hydrogens is 234 g/mol. The van der Waals surface area contributed by atoms with Crippen molar-refractivity contribution >= 4 is 18.1 Å². The minimum atomic E-state index is 0. The van der Waals surface area contributed by atoms with Gasteiger partial charge in [-0.25, -0.2) is 0 Å². The molecule has 1 N–H and O–H groups in total. The van der Waals surface area contributed by atoms with Crippen LogP contribution in [0.2, 0.25) is 0 Å². The predicted molar refractivity (Wildman–Crippen MR) is 70.7 cm³/mol. The maximum atomic E-state index is 9.19. The Morgan fingerprint density at radius 3 is 3.00 bits per heavy atom. The summed E-state index contributed by atoms with van der Waals surface area (Å²) in [5, 5.41) is 12.6. The van der Waals surface area contributed by atoms with Crippen LogP contribution in [0, 0.1) is 11.3 Å². The molecule has 0 bridgehead atoms. The highest BCUT2D eigenvalue weighted by Gasteiger charge is 2.36. The van der Waals surface area contributed by atoms with E-state index in [0.29, 0.717) is 12.1 Å². The lowest BCUT2D eigenvalue weighted by Crippen LogP contribution is -2.55. The molecule has 2 atom stereocenters. The lowest BCUT2D eigenvalue weighted by molar-refractivity contribution is 0.429. The number of nitrogens with one attached hydrogen (secondary N) is 1. The molecule has 2 heterocycles. The van der Waals surface area contributed by atoms with E-state index in [1.54, 1.807) is 0 Å². The minimum Gasteiger partial charge on any atom is -0.362 e. The van der Waals surface area contributed by atoms with Crippen molar-refractivity contribution in [1.82, 2.24) is 5.32 Å². The maximum absolute atomic E-state index is 9.19. The van der Waals surface area contributed by atoms with Crippen molar-refractivity contribution in [3.05, 3.63) is 29.3 Å². The second-order valence-electron chi connectivity index (χ2n) is 4.70. The number of piperazine rings is 1. The van der Waals surface area contributed by atoms with Gasteiger partial charge in [0.15, 0.2) is 0 Å². The molecule has 0 amide bonds. The highest BCUT2D eigenvalue weighted by atomic mass is 35.5. The molecule has 3 nitrogen and oxygen atoms in total. The molecule has 0 spiro atoms. The summed E-state index contributed by atoms with van der Waals surface area (Å²) in [5.41, 5.74) is 3.34. The molecule has 2 aliphatic rings. The number of para-hydroxylation sites is 1. The molecule has 0 radical (unpaired) electrons. The molecule has 1 fully saturated rings. The molecule has 17 heavy (non-hydrogen) atoms. The summed E-state index contributed by atoms with van der Waals surface area (Å²) in [5.74, 6) is 0. The van der Waals surface area contributed by atoms with Crippen molar-refractivity contribution in [2.45, 2.75) is 25.4 Å². The van der Waals surface area contributed by atoms with Crippen LogP contribution in [0.25, 0.3) is 0 Å². The van der Waals surface area contributed by atoms with Gasteiger partial charge in [-0.15, -0.1) is 12.4 Å². The number of benzene rings is 1. The molecule has 0 aromatic heterocycles. The number of rotatable bonds is 0. The number of hydrogen-bond donors (Lipinski definition) is 1. The Morgan fingerprint density at radius 2 is 2.24 bits per heavy atom. The average molecular weight is 250 g/mol. The lowest BCUT2D eigenvalue weighted by atomic mass is 10.1. The zero-order valence-corrected chi connectivity index (χ0v) is 10.6. The minimum absolute atomic E-state index is 0. The Hall–Kier alpha value is -1.24. The van der Waals surface area contributed by atoms with Crippen LogP contribution in [-0.4, -0.2) is 25.2 Å². The molecular formula is C13H16ClN3. The third kappa shape index (κ3) is 1.78. The highest BCUT2D eigenvalue weighted by Crippen LogP contribution is 2.37. The van der Waals surface area contributed by atoms with Gasteiger partial charge in [-0.05, 0) is 25.0 Å². The van der Waals surface area contributed by atoms with Gasteiger partial charge < -0.3 is 10.2 Å². The zero-order chi connectivity index (χ0) is 11.1. The summed E-state index contributed by atoms with van der Waals surface area (Å²) in [6, 6.07) is 9.41. The van der Waals surface area contributed by atoms with Crippen LogP contribution in [0.15, 0.2) is 18.2 Å². The smallest absolute Gasteiger partial charge is 0.101 e. The Labute approximate surface area is 108 Å². The van der Waals surface area contributed by atoms with Crippen LogP contribution in [-0.2, 0) is 6.42 Å². The van der Waals surface area contributed by atoms with Gasteiger partial charge in [0.25, 0.3) is 0 Å². The van der Waals surface area contributed by atoms with Crippen LogP contribution in [0.1, 0.15) is 18.1 Å². The Kier molecular flexibility index (Phi) is 3.28. The Morgan fingerprint density at radius 1 is 1.41 bits per heavy atom. The van der Waals surface area contributed by atoms with Crippen LogP contribution in [0.5, 0.6) is 0 Å². The summed E-state index contributed by atoms with van der Waals surface area (Å²) in [7, 11) is 0. The number of anilines is 1. The van der Waals surface area contributed by atoms with E-state index in [1.165, 1.54) is 11.3 Å². The van der Waals surface area contributed by atoms with Crippen molar-refractivity contribution < 1.29 is 0 Å². The fourth-order valence-electron chi connectivity index (χ4n) is 2.99. The van der Waals surface area contributed by atoms with Gasteiger partial charge in [0.1, 0.15) is 6.07 Å². The highest BCUT2D eigenvalue weighted by molar-refractivity contribution is 5.85. The largest absolute Gasteiger partial charge is 0.362 e. The molecule has 90 valence electrons. The molecule has 3 rings (SSSR count). The number of fused-ring (bicyclic) bond motifs is 3. The lowest BCUT2D eigenvalue weighted by Gasteiger charge is -2.38. The van der Waals surface area contributed by atoms with Gasteiger partial charge in [-0.1, -0.05) is 12.1 Å². The van der Waals surface area contributed by atoms with Crippen molar-refractivity contribution in [2.75, 3.05) is 18.0 Å². The summed E-state index contributed by atoms with van der Waals surface area (Å²) in [6.07, 6.45) is 1.07. The molecule has 0 saturated carbocycles. The third-order valence-electron chi connectivity index (χ3n) is 3.64. The van der Waals surface area contributed by atoms with Crippen LogP contribution >= 0.6 is 12.4 Å². The van der Waals surface area contributed by atoms with Gasteiger partial charge in [-0.3, -0.25) is 0 Å². The normalized spacial score (nSPS) is 25.5. The first-order valence-corrected chi connectivity index (χ1v) is 5.82. The van der Waals surface area contributed by atoms with E-state index in [0.717, 1.165) is 25.1 Å². The van der Waals surface area contributed by atoms with Gasteiger partial charge in [-0.2, -0.15) is 5.26 Å².